The summed E-state index contributed by atoms with van der Waals surface area (Å²) in [4.78, 5) is 15.8. The van der Waals surface area contributed by atoms with Crippen LogP contribution in [-0.2, 0) is 23.3 Å². The van der Waals surface area contributed by atoms with Gasteiger partial charge in [0.1, 0.15) is 5.76 Å². The molecule has 0 aliphatic heterocycles. The largest absolute Gasteiger partial charge is 0.467 e. The number of alkyl halides is 3. The molecule has 142 valence electrons. The lowest BCUT2D eigenvalue weighted by Crippen LogP contribution is -2.24. The van der Waals surface area contributed by atoms with Gasteiger partial charge in [-0.2, -0.15) is 18.2 Å². The maximum Gasteiger partial charge on any atom is 0.416 e. The zero-order chi connectivity index (χ0) is 19.3. The van der Waals surface area contributed by atoms with Crippen LogP contribution < -0.4 is 5.32 Å². The molecule has 1 aromatic carbocycles. The van der Waals surface area contributed by atoms with Gasteiger partial charge in [-0.1, -0.05) is 17.3 Å². The summed E-state index contributed by atoms with van der Waals surface area (Å²) in [6.45, 7) is 0.298. The number of carbonyl (C=O) groups excluding carboxylic acids is 1. The maximum absolute atomic E-state index is 12.8. The standard InChI is InChI=1S/C17H14F3N3O3S/c18-17(19,20)12-4-1-3-11(7-12)16-22-15(26-23-16)10-27-9-14(24)21-8-13-5-2-6-25-13/h1-7H,8-10H2,(H,21,24). The first kappa shape index (κ1) is 19.0. The van der Waals surface area contributed by atoms with Crippen molar-refractivity contribution in [3.63, 3.8) is 0 Å². The predicted molar refractivity (Wildman–Crippen MR) is 91.5 cm³/mol. The van der Waals surface area contributed by atoms with E-state index in [2.05, 4.69) is 15.5 Å². The number of rotatable bonds is 7. The van der Waals surface area contributed by atoms with Gasteiger partial charge in [-0.3, -0.25) is 4.79 Å². The highest BCUT2D eigenvalue weighted by Crippen LogP contribution is 2.31. The number of aromatic nitrogens is 2. The van der Waals surface area contributed by atoms with E-state index in [1.165, 1.54) is 30.2 Å². The van der Waals surface area contributed by atoms with Crippen LogP contribution in [0.4, 0.5) is 13.2 Å². The van der Waals surface area contributed by atoms with Crippen LogP contribution in [0.5, 0.6) is 0 Å². The Labute approximate surface area is 156 Å². The number of thioether (sulfide) groups is 1. The molecule has 0 bridgehead atoms. The first-order chi connectivity index (χ1) is 12.9. The van der Waals surface area contributed by atoms with Gasteiger partial charge in [0.2, 0.25) is 17.6 Å². The molecule has 0 spiro atoms. The van der Waals surface area contributed by atoms with Gasteiger partial charge < -0.3 is 14.3 Å². The van der Waals surface area contributed by atoms with E-state index in [1.807, 2.05) is 0 Å². The SMILES string of the molecule is O=C(CSCc1nc(-c2cccc(C(F)(F)F)c2)no1)NCc1ccco1. The summed E-state index contributed by atoms with van der Waals surface area (Å²) < 4.78 is 48.5. The lowest BCUT2D eigenvalue weighted by molar-refractivity contribution is -0.137. The Balaban J connectivity index is 1.50. The third-order valence-corrected chi connectivity index (χ3v) is 4.33. The van der Waals surface area contributed by atoms with Gasteiger partial charge in [-0.05, 0) is 24.3 Å². The number of benzene rings is 1. The number of hydrogen-bond donors (Lipinski definition) is 1. The van der Waals surface area contributed by atoms with Gasteiger partial charge >= 0.3 is 6.18 Å². The molecule has 27 heavy (non-hydrogen) atoms. The van der Waals surface area contributed by atoms with E-state index in [0.717, 1.165) is 12.1 Å². The van der Waals surface area contributed by atoms with Crippen LogP contribution in [0.15, 0.2) is 51.6 Å². The molecule has 0 saturated carbocycles. The molecule has 0 fully saturated rings. The summed E-state index contributed by atoms with van der Waals surface area (Å²) in [5, 5.41) is 6.39. The van der Waals surface area contributed by atoms with Crippen LogP contribution >= 0.6 is 11.8 Å². The molecule has 2 aromatic heterocycles. The molecule has 0 saturated heterocycles. The van der Waals surface area contributed by atoms with Crippen LogP contribution in [-0.4, -0.2) is 21.8 Å². The van der Waals surface area contributed by atoms with E-state index in [4.69, 9.17) is 8.94 Å². The molecule has 1 N–H and O–H groups in total. The minimum absolute atomic E-state index is 0.0685. The van der Waals surface area contributed by atoms with Crippen molar-refractivity contribution in [1.29, 1.82) is 0 Å². The topological polar surface area (TPSA) is 81.2 Å². The molecule has 3 aromatic rings. The summed E-state index contributed by atoms with van der Waals surface area (Å²) in [7, 11) is 0. The van der Waals surface area contributed by atoms with Crippen molar-refractivity contribution < 1.29 is 26.9 Å². The third-order valence-electron chi connectivity index (χ3n) is 3.41. The molecule has 0 aliphatic carbocycles. The van der Waals surface area contributed by atoms with Crippen LogP contribution in [0.25, 0.3) is 11.4 Å². The van der Waals surface area contributed by atoms with Gasteiger partial charge in [-0.15, -0.1) is 11.8 Å². The molecule has 6 nitrogen and oxygen atoms in total. The summed E-state index contributed by atoms with van der Waals surface area (Å²) in [6, 6.07) is 8.17. The average molecular weight is 397 g/mol. The Hall–Kier alpha value is -2.75. The van der Waals surface area contributed by atoms with Gasteiger partial charge in [0, 0.05) is 5.56 Å². The quantitative estimate of drug-likeness (QED) is 0.651. The van der Waals surface area contributed by atoms with Gasteiger partial charge in [0.05, 0.1) is 29.9 Å². The predicted octanol–water partition coefficient (Wildman–Crippen LogP) is 3.90. The molecule has 10 heteroatoms. The van der Waals surface area contributed by atoms with Gasteiger partial charge in [-0.25, -0.2) is 0 Å². The van der Waals surface area contributed by atoms with Crippen LogP contribution in [0.3, 0.4) is 0 Å². The highest BCUT2D eigenvalue weighted by atomic mass is 32.2. The third kappa shape index (κ3) is 5.36. The summed E-state index contributed by atoms with van der Waals surface area (Å²) in [5.41, 5.74) is -0.574. The monoisotopic (exact) mass is 397 g/mol. The van der Waals surface area contributed by atoms with E-state index in [9.17, 15) is 18.0 Å². The molecule has 2 heterocycles. The number of nitrogens with one attached hydrogen (secondary N) is 1. The molecular formula is C17H14F3N3O3S. The summed E-state index contributed by atoms with van der Waals surface area (Å²) >= 11 is 1.25. The van der Waals surface area contributed by atoms with Crippen molar-refractivity contribution >= 4 is 17.7 Å². The number of nitrogens with zero attached hydrogens (tertiary/aromatic N) is 2. The number of furan rings is 1. The zero-order valence-corrected chi connectivity index (χ0v) is 14.6. The van der Waals surface area contributed by atoms with Crippen LogP contribution in [0.1, 0.15) is 17.2 Å². The second-order valence-electron chi connectivity index (χ2n) is 5.44. The van der Waals surface area contributed by atoms with Gasteiger partial charge in [0.25, 0.3) is 0 Å². The highest BCUT2D eigenvalue weighted by Gasteiger charge is 2.30. The normalized spacial score (nSPS) is 11.5. The summed E-state index contributed by atoms with van der Waals surface area (Å²) in [5.74, 6) is 1.19. The Morgan fingerprint density at radius 1 is 1.22 bits per heavy atom. The first-order valence-electron chi connectivity index (χ1n) is 7.79. The first-order valence-corrected chi connectivity index (χ1v) is 8.94. The van der Waals surface area contributed by atoms with Crippen molar-refractivity contribution in [3.05, 3.63) is 59.9 Å². The van der Waals surface area contributed by atoms with E-state index in [1.54, 1.807) is 12.1 Å². The highest BCUT2D eigenvalue weighted by molar-refractivity contribution is 7.99. The van der Waals surface area contributed by atoms with Gasteiger partial charge in [0.15, 0.2) is 0 Å². The second kappa shape index (κ2) is 8.30. The Morgan fingerprint density at radius 2 is 2.07 bits per heavy atom. The molecule has 3 rings (SSSR count). The second-order valence-corrected chi connectivity index (χ2v) is 6.42. The molecule has 0 radical (unpaired) electrons. The van der Waals surface area contributed by atoms with E-state index >= 15 is 0 Å². The molecule has 1 amide bonds. The fourth-order valence-corrected chi connectivity index (χ4v) is 2.83. The van der Waals surface area contributed by atoms with Crippen LogP contribution in [0, 0.1) is 0 Å². The van der Waals surface area contributed by atoms with Crippen molar-refractivity contribution in [2.45, 2.75) is 18.5 Å². The Morgan fingerprint density at radius 3 is 2.81 bits per heavy atom. The molecule has 0 aliphatic rings. The molecular weight excluding hydrogens is 383 g/mol. The van der Waals surface area contributed by atoms with E-state index in [0.29, 0.717) is 12.3 Å². The van der Waals surface area contributed by atoms with E-state index < -0.39 is 11.7 Å². The van der Waals surface area contributed by atoms with Crippen molar-refractivity contribution in [2.75, 3.05) is 5.75 Å². The fourth-order valence-electron chi connectivity index (χ4n) is 2.15. The number of hydrogen-bond acceptors (Lipinski definition) is 6. The van der Waals surface area contributed by atoms with Crippen molar-refractivity contribution in [2.24, 2.45) is 0 Å². The molecule has 0 atom stereocenters. The van der Waals surface area contributed by atoms with Crippen molar-refractivity contribution in [3.8, 4) is 11.4 Å². The Kier molecular flexibility index (Phi) is 5.84. The minimum atomic E-state index is -4.44. The zero-order valence-electron chi connectivity index (χ0n) is 13.8. The number of carbonyl (C=O) groups is 1. The number of amides is 1. The smallest absolute Gasteiger partial charge is 0.416 e. The van der Waals surface area contributed by atoms with E-state index in [-0.39, 0.29) is 34.7 Å². The van der Waals surface area contributed by atoms with Crippen molar-refractivity contribution in [1.82, 2.24) is 15.5 Å². The minimum Gasteiger partial charge on any atom is -0.467 e. The number of halogens is 3. The molecule has 0 unspecified atom stereocenters. The lowest BCUT2D eigenvalue weighted by atomic mass is 10.1. The van der Waals surface area contributed by atoms with Crippen LogP contribution in [0.2, 0.25) is 0 Å². The lowest BCUT2D eigenvalue weighted by Gasteiger charge is -2.06. The fraction of sp³-hybridized carbons (Fsp3) is 0.235. The average Bonchev–Trinajstić information content (AvgIpc) is 3.31. The maximum atomic E-state index is 12.8. The summed E-state index contributed by atoms with van der Waals surface area (Å²) in [6.07, 6.45) is -2.92. The Bertz CT molecular complexity index is 894.